The molecule has 0 spiro atoms. The predicted octanol–water partition coefficient (Wildman–Crippen LogP) is 1.41. The van der Waals surface area contributed by atoms with E-state index < -0.39 is 20.9 Å². The molecule has 1 aromatic rings. The lowest BCUT2D eigenvalue weighted by molar-refractivity contribution is 0.556. The van der Waals surface area contributed by atoms with Crippen LogP contribution in [0, 0.1) is 5.82 Å². The fourth-order valence-electron chi connectivity index (χ4n) is 1.50. The van der Waals surface area contributed by atoms with Gasteiger partial charge in [-0.2, -0.15) is 0 Å². The third kappa shape index (κ3) is 1.19. The van der Waals surface area contributed by atoms with E-state index >= 15 is 0 Å². The lowest BCUT2D eigenvalue weighted by Gasteiger charge is -2.23. The van der Waals surface area contributed by atoms with E-state index in [1.165, 1.54) is 6.07 Å². The van der Waals surface area contributed by atoms with Crippen LogP contribution in [0.1, 0.15) is 6.92 Å². The molecule has 0 amide bonds. The summed E-state index contributed by atoms with van der Waals surface area (Å²) in [5.41, 5.74) is 0.364. The standard InChI is InChI=1S/C9H10FNO2S/c1-6-5-11-8-4-2-3-7(10)9(8)14(6,12)13/h2-4,6,11H,5H2,1H3. The quantitative estimate of drug-likeness (QED) is 0.711. The number of hydrogen-bond acceptors (Lipinski definition) is 3. The van der Waals surface area contributed by atoms with Crippen LogP contribution in [-0.2, 0) is 9.84 Å². The minimum absolute atomic E-state index is 0.196. The van der Waals surface area contributed by atoms with Gasteiger partial charge >= 0.3 is 0 Å². The molecule has 1 aliphatic rings. The molecule has 1 N–H and O–H groups in total. The Morgan fingerprint density at radius 2 is 2.21 bits per heavy atom. The molecule has 0 fully saturated rings. The molecule has 0 aliphatic carbocycles. The van der Waals surface area contributed by atoms with Crippen LogP contribution in [0.3, 0.4) is 0 Å². The second kappa shape index (κ2) is 2.95. The van der Waals surface area contributed by atoms with Crippen molar-refractivity contribution in [2.75, 3.05) is 11.9 Å². The fraction of sp³-hybridized carbons (Fsp3) is 0.333. The summed E-state index contributed by atoms with van der Waals surface area (Å²) in [4.78, 5) is -0.196. The number of hydrogen-bond donors (Lipinski definition) is 1. The molecular formula is C9H10FNO2S. The summed E-state index contributed by atoms with van der Waals surface area (Å²) >= 11 is 0. The SMILES string of the molecule is CC1CNc2cccc(F)c2S1(=O)=O. The first-order valence-corrected chi connectivity index (χ1v) is 5.84. The second-order valence-electron chi connectivity index (χ2n) is 3.35. The fourth-order valence-corrected chi connectivity index (χ4v) is 2.99. The first kappa shape index (κ1) is 9.45. The second-order valence-corrected chi connectivity index (χ2v) is 5.66. The zero-order valence-electron chi connectivity index (χ0n) is 7.62. The number of sulfone groups is 1. The molecule has 1 unspecified atom stereocenters. The smallest absolute Gasteiger partial charge is 0.187 e. The molecule has 3 nitrogen and oxygen atoms in total. The summed E-state index contributed by atoms with van der Waals surface area (Å²) in [7, 11) is -3.49. The van der Waals surface area contributed by atoms with Gasteiger partial charge < -0.3 is 5.32 Å². The normalized spacial score (nSPS) is 23.7. The highest BCUT2D eigenvalue weighted by Gasteiger charge is 2.32. The van der Waals surface area contributed by atoms with E-state index in [-0.39, 0.29) is 4.90 Å². The lowest BCUT2D eigenvalue weighted by Crippen LogP contribution is -2.32. The molecule has 2 rings (SSSR count). The minimum Gasteiger partial charge on any atom is -0.383 e. The van der Waals surface area contributed by atoms with Crippen molar-refractivity contribution in [2.24, 2.45) is 0 Å². The Hall–Kier alpha value is -1.10. The predicted molar refractivity (Wildman–Crippen MR) is 51.5 cm³/mol. The van der Waals surface area contributed by atoms with Gasteiger partial charge in [-0.15, -0.1) is 0 Å². The van der Waals surface area contributed by atoms with Gasteiger partial charge in [0.05, 0.1) is 10.9 Å². The number of halogens is 1. The van der Waals surface area contributed by atoms with E-state index in [4.69, 9.17) is 0 Å². The summed E-state index contributed by atoms with van der Waals surface area (Å²) in [5, 5.41) is 2.31. The van der Waals surface area contributed by atoms with E-state index in [9.17, 15) is 12.8 Å². The van der Waals surface area contributed by atoms with Gasteiger partial charge in [0.15, 0.2) is 9.84 Å². The Labute approximate surface area is 81.9 Å². The molecule has 5 heteroatoms. The van der Waals surface area contributed by atoms with Crippen molar-refractivity contribution in [3.63, 3.8) is 0 Å². The maximum absolute atomic E-state index is 13.3. The number of rotatable bonds is 0. The highest BCUT2D eigenvalue weighted by molar-refractivity contribution is 7.92. The van der Waals surface area contributed by atoms with Gasteiger partial charge in [-0.3, -0.25) is 0 Å². The molecule has 14 heavy (non-hydrogen) atoms. The van der Waals surface area contributed by atoms with Crippen LogP contribution in [0.2, 0.25) is 0 Å². The maximum Gasteiger partial charge on any atom is 0.187 e. The van der Waals surface area contributed by atoms with Gasteiger partial charge in [-0.05, 0) is 19.1 Å². The van der Waals surface area contributed by atoms with Crippen molar-refractivity contribution in [1.82, 2.24) is 0 Å². The number of anilines is 1. The first-order chi connectivity index (χ1) is 6.53. The van der Waals surface area contributed by atoms with Crippen LogP contribution in [0.4, 0.5) is 10.1 Å². The molecule has 0 bridgehead atoms. The Morgan fingerprint density at radius 1 is 1.50 bits per heavy atom. The summed E-state index contributed by atoms with van der Waals surface area (Å²) in [6, 6.07) is 4.23. The van der Waals surface area contributed by atoms with Gasteiger partial charge in [-0.1, -0.05) is 6.07 Å². The van der Waals surface area contributed by atoms with E-state index in [1.54, 1.807) is 13.0 Å². The highest BCUT2D eigenvalue weighted by Crippen LogP contribution is 2.31. The summed E-state index contributed by atoms with van der Waals surface area (Å²) in [5.74, 6) is -0.679. The van der Waals surface area contributed by atoms with Crippen molar-refractivity contribution in [2.45, 2.75) is 17.1 Å². The average Bonchev–Trinajstić information content (AvgIpc) is 2.11. The number of fused-ring (bicyclic) bond motifs is 1. The zero-order valence-corrected chi connectivity index (χ0v) is 8.44. The molecule has 1 aromatic carbocycles. The molecule has 1 aliphatic heterocycles. The van der Waals surface area contributed by atoms with Crippen LogP contribution in [0.15, 0.2) is 23.1 Å². The monoisotopic (exact) mass is 215 g/mol. The average molecular weight is 215 g/mol. The molecule has 1 atom stereocenters. The molecule has 1 heterocycles. The number of nitrogens with one attached hydrogen (secondary N) is 1. The number of benzene rings is 1. The molecule has 0 aromatic heterocycles. The third-order valence-electron chi connectivity index (χ3n) is 2.36. The van der Waals surface area contributed by atoms with Crippen molar-refractivity contribution >= 4 is 15.5 Å². The molecule has 0 saturated carbocycles. The summed E-state index contributed by atoms with van der Waals surface area (Å²) in [6.07, 6.45) is 0. The minimum atomic E-state index is -3.49. The summed E-state index contributed by atoms with van der Waals surface area (Å²) < 4.78 is 36.8. The van der Waals surface area contributed by atoms with Gasteiger partial charge in [0.2, 0.25) is 0 Å². The van der Waals surface area contributed by atoms with Crippen molar-refractivity contribution in [3.8, 4) is 0 Å². The van der Waals surface area contributed by atoms with E-state index in [1.807, 2.05) is 0 Å². The topological polar surface area (TPSA) is 46.2 Å². The van der Waals surface area contributed by atoms with E-state index in [2.05, 4.69) is 5.32 Å². The largest absolute Gasteiger partial charge is 0.383 e. The van der Waals surface area contributed by atoms with E-state index in [0.29, 0.717) is 12.2 Å². The van der Waals surface area contributed by atoms with Crippen molar-refractivity contribution in [3.05, 3.63) is 24.0 Å². The summed E-state index contributed by atoms with van der Waals surface area (Å²) in [6.45, 7) is 1.90. The van der Waals surface area contributed by atoms with Gasteiger partial charge in [0.25, 0.3) is 0 Å². The van der Waals surface area contributed by atoms with Gasteiger partial charge in [0.1, 0.15) is 10.7 Å². The van der Waals surface area contributed by atoms with Crippen molar-refractivity contribution < 1.29 is 12.8 Å². The molecule has 0 radical (unpaired) electrons. The van der Waals surface area contributed by atoms with Gasteiger partial charge in [-0.25, -0.2) is 12.8 Å². The molecule has 76 valence electrons. The van der Waals surface area contributed by atoms with E-state index in [0.717, 1.165) is 6.07 Å². The van der Waals surface area contributed by atoms with Gasteiger partial charge in [0, 0.05) is 6.54 Å². The van der Waals surface area contributed by atoms with Crippen LogP contribution < -0.4 is 5.32 Å². The van der Waals surface area contributed by atoms with Crippen molar-refractivity contribution in [1.29, 1.82) is 0 Å². The lowest BCUT2D eigenvalue weighted by atomic mass is 10.3. The zero-order chi connectivity index (χ0) is 10.3. The Kier molecular flexibility index (Phi) is 1.99. The Morgan fingerprint density at radius 3 is 2.93 bits per heavy atom. The molecule has 0 saturated heterocycles. The van der Waals surface area contributed by atoms with Crippen LogP contribution in [0.5, 0.6) is 0 Å². The first-order valence-electron chi connectivity index (χ1n) is 4.30. The Balaban J connectivity index is 2.74. The Bertz CT molecular complexity index is 470. The molecular weight excluding hydrogens is 205 g/mol. The van der Waals surface area contributed by atoms with Crippen LogP contribution in [0.25, 0.3) is 0 Å². The third-order valence-corrected chi connectivity index (χ3v) is 4.57. The maximum atomic E-state index is 13.3. The van der Waals surface area contributed by atoms with Crippen LogP contribution >= 0.6 is 0 Å². The highest BCUT2D eigenvalue weighted by atomic mass is 32.2. The van der Waals surface area contributed by atoms with Crippen LogP contribution in [-0.4, -0.2) is 20.2 Å².